The molecule has 1 N–H and O–H groups in total. The minimum absolute atomic E-state index is 0.201. The third kappa shape index (κ3) is 4.50. The van der Waals surface area contributed by atoms with Gasteiger partial charge in [0.05, 0.1) is 6.10 Å². The summed E-state index contributed by atoms with van der Waals surface area (Å²) in [6, 6.07) is 0. The summed E-state index contributed by atoms with van der Waals surface area (Å²) in [6.07, 6.45) is 1.10. The molecule has 0 heterocycles. The molecule has 0 aromatic heterocycles. The van der Waals surface area contributed by atoms with Gasteiger partial charge in [-0.1, -0.05) is 6.92 Å². The van der Waals surface area contributed by atoms with Gasteiger partial charge in [-0.15, -0.1) is 0 Å². The topological polar surface area (TPSA) is 37.3 Å². The Balaban J connectivity index is 3.39. The van der Waals surface area contributed by atoms with E-state index >= 15 is 0 Å². The number of aliphatic hydroxyl groups excluding tert-OH is 1. The lowest BCUT2D eigenvalue weighted by Crippen LogP contribution is -2.13. The van der Waals surface area contributed by atoms with E-state index in [9.17, 15) is 4.79 Å². The second kappa shape index (κ2) is 4.45. The third-order valence-electron chi connectivity index (χ3n) is 1.78. The molecule has 0 aliphatic rings. The molecule has 0 spiro atoms. The van der Waals surface area contributed by atoms with Gasteiger partial charge in [0.2, 0.25) is 0 Å². The van der Waals surface area contributed by atoms with E-state index in [1.807, 2.05) is 6.92 Å². The quantitative estimate of drug-likeness (QED) is 0.647. The zero-order valence-corrected chi connectivity index (χ0v) is 6.92. The van der Waals surface area contributed by atoms with Crippen molar-refractivity contribution in [1.29, 1.82) is 0 Å². The first kappa shape index (κ1) is 9.63. The summed E-state index contributed by atoms with van der Waals surface area (Å²) in [6.45, 7) is 5.28. The van der Waals surface area contributed by atoms with Crippen molar-refractivity contribution in [3.8, 4) is 0 Å². The highest BCUT2D eigenvalue weighted by Gasteiger charge is 2.08. The van der Waals surface area contributed by atoms with Crippen molar-refractivity contribution in [3.05, 3.63) is 0 Å². The highest BCUT2D eigenvalue weighted by molar-refractivity contribution is 5.75. The largest absolute Gasteiger partial charge is 0.393 e. The van der Waals surface area contributed by atoms with Crippen molar-refractivity contribution in [3.63, 3.8) is 0 Å². The highest BCUT2D eigenvalue weighted by atomic mass is 16.3. The predicted octanol–water partition coefficient (Wildman–Crippen LogP) is 1.37. The van der Waals surface area contributed by atoms with Crippen LogP contribution in [0, 0.1) is 5.92 Å². The van der Waals surface area contributed by atoms with Crippen molar-refractivity contribution < 1.29 is 9.90 Å². The maximum absolute atomic E-state index is 10.5. The number of aliphatic hydroxyl groups is 1. The van der Waals surface area contributed by atoms with Gasteiger partial charge >= 0.3 is 0 Å². The van der Waals surface area contributed by atoms with Crippen LogP contribution in [0.15, 0.2) is 0 Å². The van der Waals surface area contributed by atoms with E-state index < -0.39 is 0 Å². The average Bonchev–Trinajstić information content (AvgIpc) is 1.82. The Kier molecular flexibility index (Phi) is 4.28. The smallest absolute Gasteiger partial charge is 0.129 e. The molecule has 2 nitrogen and oxygen atoms in total. The van der Waals surface area contributed by atoms with E-state index in [0.29, 0.717) is 6.42 Å². The first-order chi connectivity index (χ1) is 4.54. The lowest BCUT2D eigenvalue weighted by Gasteiger charge is -2.12. The van der Waals surface area contributed by atoms with Gasteiger partial charge in [0.15, 0.2) is 0 Å². The van der Waals surface area contributed by atoms with Crippen LogP contribution < -0.4 is 0 Å². The summed E-state index contributed by atoms with van der Waals surface area (Å²) in [5, 5.41) is 9.02. The van der Waals surface area contributed by atoms with Crippen LogP contribution in [0.2, 0.25) is 0 Å². The average molecular weight is 144 g/mol. The molecular formula is C8H16O2. The Hall–Kier alpha value is -0.370. The molecule has 0 unspecified atom stereocenters. The van der Waals surface area contributed by atoms with Crippen LogP contribution in [0.25, 0.3) is 0 Å². The van der Waals surface area contributed by atoms with E-state index in [1.54, 1.807) is 13.8 Å². The normalized spacial score (nSPS) is 16.4. The maximum atomic E-state index is 10.5. The third-order valence-corrected chi connectivity index (χ3v) is 1.78. The minimum atomic E-state index is -0.292. The first-order valence-electron chi connectivity index (χ1n) is 3.71. The Morgan fingerprint density at radius 2 is 2.00 bits per heavy atom. The molecule has 60 valence electrons. The van der Waals surface area contributed by atoms with Crippen LogP contribution in [0.4, 0.5) is 0 Å². The van der Waals surface area contributed by atoms with Crippen LogP contribution in [0.3, 0.4) is 0 Å². The molecule has 2 atom stereocenters. The van der Waals surface area contributed by atoms with Crippen LogP contribution in [-0.2, 0) is 4.79 Å². The lowest BCUT2D eigenvalue weighted by atomic mass is 9.99. The first-order valence-corrected chi connectivity index (χ1v) is 3.71. The molecule has 0 aromatic carbocycles. The van der Waals surface area contributed by atoms with E-state index in [0.717, 1.165) is 6.42 Å². The molecule has 0 saturated carbocycles. The number of hydrogen-bond donors (Lipinski definition) is 1. The number of hydrogen-bond acceptors (Lipinski definition) is 2. The maximum Gasteiger partial charge on any atom is 0.129 e. The molecule has 0 rings (SSSR count). The monoisotopic (exact) mass is 144 g/mol. The summed E-state index contributed by atoms with van der Waals surface area (Å²) in [5.74, 6) is 0.441. The summed E-state index contributed by atoms with van der Waals surface area (Å²) in [5.41, 5.74) is 0. The Morgan fingerprint density at radius 1 is 1.50 bits per heavy atom. The summed E-state index contributed by atoms with van der Waals surface area (Å²) in [4.78, 5) is 10.5. The van der Waals surface area contributed by atoms with Gasteiger partial charge in [-0.2, -0.15) is 0 Å². The van der Waals surface area contributed by atoms with Crippen molar-refractivity contribution in [2.45, 2.75) is 39.7 Å². The lowest BCUT2D eigenvalue weighted by molar-refractivity contribution is -0.117. The van der Waals surface area contributed by atoms with Crippen LogP contribution in [0.5, 0.6) is 0 Å². The highest BCUT2D eigenvalue weighted by Crippen LogP contribution is 2.09. The predicted molar refractivity (Wildman–Crippen MR) is 40.8 cm³/mol. The molecule has 2 heteroatoms. The van der Waals surface area contributed by atoms with E-state index in [4.69, 9.17) is 5.11 Å². The standard InChI is InChI=1S/C8H16O2/c1-6(8(3)10)4-5-7(2)9/h6,8,10H,4-5H2,1-3H3/t6-,8+/m0/s1. The molecule has 0 amide bonds. The second-order valence-corrected chi connectivity index (χ2v) is 2.96. The van der Waals surface area contributed by atoms with Crippen molar-refractivity contribution in [1.82, 2.24) is 0 Å². The zero-order chi connectivity index (χ0) is 8.15. The van der Waals surface area contributed by atoms with Gasteiger partial charge in [-0.3, -0.25) is 0 Å². The Labute approximate surface area is 62.2 Å². The number of ketones is 1. The fourth-order valence-corrected chi connectivity index (χ4v) is 0.672. The Bertz CT molecular complexity index is 108. The van der Waals surface area contributed by atoms with E-state index in [2.05, 4.69) is 0 Å². The fraction of sp³-hybridized carbons (Fsp3) is 0.875. The van der Waals surface area contributed by atoms with Crippen LogP contribution >= 0.6 is 0 Å². The molecule has 0 aliphatic carbocycles. The second-order valence-electron chi connectivity index (χ2n) is 2.96. The molecule has 0 aliphatic heterocycles. The fourth-order valence-electron chi connectivity index (χ4n) is 0.672. The van der Waals surface area contributed by atoms with Crippen LogP contribution in [0.1, 0.15) is 33.6 Å². The molecule has 10 heavy (non-hydrogen) atoms. The van der Waals surface area contributed by atoms with E-state index in [1.165, 1.54) is 0 Å². The minimum Gasteiger partial charge on any atom is -0.393 e. The van der Waals surface area contributed by atoms with Gasteiger partial charge in [-0.25, -0.2) is 0 Å². The summed E-state index contributed by atoms with van der Waals surface area (Å²) >= 11 is 0. The molecular weight excluding hydrogens is 128 g/mol. The van der Waals surface area contributed by atoms with Crippen molar-refractivity contribution in [2.24, 2.45) is 5.92 Å². The number of Topliss-reactive ketones (excluding diaryl/α,β-unsaturated/α-hetero) is 1. The van der Waals surface area contributed by atoms with Gasteiger partial charge < -0.3 is 9.90 Å². The number of carbonyl (C=O) groups excluding carboxylic acids is 1. The van der Waals surface area contributed by atoms with Crippen molar-refractivity contribution in [2.75, 3.05) is 0 Å². The van der Waals surface area contributed by atoms with Crippen molar-refractivity contribution >= 4 is 5.78 Å². The van der Waals surface area contributed by atoms with Gasteiger partial charge in [-0.05, 0) is 26.2 Å². The molecule has 0 radical (unpaired) electrons. The molecule has 0 fully saturated rings. The summed E-state index contributed by atoms with van der Waals surface area (Å²) < 4.78 is 0. The molecule has 0 aromatic rings. The molecule has 0 saturated heterocycles. The van der Waals surface area contributed by atoms with E-state index in [-0.39, 0.29) is 17.8 Å². The Morgan fingerprint density at radius 3 is 2.30 bits per heavy atom. The zero-order valence-electron chi connectivity index (χ0n) is 6.92. The van der Waals surface area contributed by atoms with Gasteiger partial charge in [0.1, 0.15) is 5.78 Å². The number of rotatable bonds is 4. The van der Waals surface area contributed by atoms with Gasteiger partial charge in [0.25, 0.3) is 0 Å². The SMILES string of the molecule is CC(=O)CC[C@H](C)[C@@H](C)O. The summed E-state index contributed by atoms with van der Waals surface area (Å²) in [7, 11) is 0. The van der Waals surface area contributed by atoms with Crippen LogP contribution in [-0.4, -0.2) is 17.0 Å². The molecule has 0 bridgehead atoms. The number of carbonyl (C=O) groups is 1. The van der Waals surface area contributed by atoms with Gasteiger partial charge in [0, 0.05) is 6.42 Å².